The summed E-state index contributed by atoms with van der Waals surface area (Å²) in [5.74, 6) is -1.48. The molecule has 0 radical (unpaired) electrons. The van der Waals surface area contributed by atoms with Crippen LogP contribution in [-0.2, 0) is 21.9 Å². The second-order valence-corrected chi connectivity index (χ2v) is 6.89. The van der Waals surface area contributed by atoms with Crippen molar-refractivity contribution < 1.29 is 35.9 Å². The van der Waals surface area contributed by atoms with Gasteiger partial charge in [0.05, 0.1) is 22.5 Å². The molecule has 1 heterocycles. The standard InChI is InChI=1S/C21H12F6N2O2/c22-20(23,24)12-4-6-14(7-5-12)29-16-8-2-11-1-3-13(21(25,26)27)9-15(11)19(16)28-17(30)10-18(29)31/h1-9H,10H2,(H,28,30). The van der Waals surface area contributed by atoms with Gasteiger partial charge in [0.25, 0.3) is 0 Å². The van der Waals surface area contributed by atoms with Crippen LogP contribution in [0, 0.1) is 0 Å². The van der Waals surface area contributed by atoms with Gasteiger partial charge in [0.1, 0.15) is 6.42 Å². The topological polar surface area (TPSA) is 49.4 Å². The van der Waals surface area contributed by atoms with Crippen LogP contribution in [0.5, 0.6) is 0 Å². The van der Waals surface area contributed by atoms with E-state index in [1.54, 1.807) is 0 Å². The maximum atomic E-state index is 13.2. The minimum Gasteiger partial charge on any atom is -0.323 e. The largest absolute Gasteiger partial charge is 0.416 e. The van der Waals surface area contributed by atoms with Crippen molar-refractivity contribution in [1.29, 1.82) is 0 Å². The van der Waals surface area contributed by atoms with E-state index in [0.29, 0.717) is 5.39 Å². The number of fused-ring (bicyclic) bond motifs is 3. The molecular formula is C21H12F6N2O2. The van der Waals surface area contributed by atoms with Crippen LogP contribution >= 0.6 is 0 Å². The van der Waals surface area contributed by atoms with Crippen molar-refractivity contribution in [3.63, 3.8) is 0 Å². The average molecular weight is 438 g/mol. The Hall–Kier alpha value is -3.56. The lowest BCUT2D eigenvalue weighted by atomic mass is 10.0. The highest BCUT2D eigenvalue weighted by Crippen LogP contribution is 2.42. The van der Waals surface area contributed by atoms with Gasteiger partial charge in [0.15, 0.2) is 0 Å². The summed E-state index contributed by atoms with van der Waals surface area (Å²) in [4.78, 5) is 25.9. The average Bonchev–Trinajstić information content (AvgIpc) is 2.81. The van der Waals surface area contributed by atoms with Gasteiger partial charge in [-0.25, -0.2) is 0 Å². The zero-order chi connectivity index (χ0) is 22.6. The van der Waals surface area contributed by atoms with Gasteiger partial charge in [-0.05, 0) is 47.9 Å². The fourth-order valence-electron chi connectivity index (χ4n) is 3.42. The van der Waals surface area contributed by atoms with Crippen LogP contribution in [0.2, 0.25) is 0 Å². The van der Waals surface area contributed by atoms with Gasteiger partial charge in [-0.2, -0.15) is 26.3 Å². The molecule has 0 aromatic heterocycles. The fraction of sp³-hybridized carbons (Fsp3) is 0.143. The molecule has 0 aliphatic carbocycles. The molecule has 0 saturated carbocycles. The molecule has 0 saturated heterocycles. The summed E-state index contributed by atoms with van der Waals surface area (Å²) < 4.78 is 78.2. The van der Waals surface area contributed by atoms with Gasteiger partial charge in [0, 0.05) is 11.1 Å². The number of benzene rings is 3. The molecule has 160 valence electrons. The Kier molecular flexibility index (Phi) is 4.68. The zero-order valence-corrected chi connectivity index (χ0v) is 15.4. The molecule has 4 nitrogen and oxygen atoms in total. The maximum Gasteiger partial charge on any atom is 0.416 e. The third-order valence-electron chi connectivity index (χ3n) is 4.85. The maximum absolute atomic E-state index is 13.2. The van der Waals surface area contributed by atoms with Crippen LogP contribution < -0.4 is 10.2 Å². The van der Waals surface area contributed by atoms with E-state index in [1.807, 2.05) is 0 Å². The van der Waals surface area contributed by atoms with Gasteiger partial charge in [-0.3, -0.25) is 14.5 Å². The molecule has 1 aliphatic rings. The monoisotopic (exact) mass is 438 g/mol. The van der Waals surface area contributed by atoms with E-state index in [0.717, 1.165) is 41.3 Å². The van der Waals surface area contributed by atoms with Crippen LogP contribution in [0.3, 0.4) is 0 Å². The second-order valence-electron chi connectivity index (χ2n) is 6.89. The highest BCUT2D eigenvalue weighted by atomic mass is 19.4. The summed E-state index contributed by atoms with van der Waals surface area (Å²) in [6, 6.07) is 9.58. The molecule has 0 unspecified atom stereocenters. The molecule has 31 heavy (non-hydrogen) atoms. The first-order valence-corrected chi connectivity index (χ1v) is 8.89. The summed E-state index contributed by atoms with van der Waals surface area (Å²) in [7, 11) is 0. The van der Waals surface area contributed by atoms with Crippen LogP contribution in [-0.4, -0.2) is 11.8 Å². The number of carbonyl (C=O) groups excluding carboxylic acids is 2. The van der Waals surface area contributed by atoms with E-state index in [4.69, 9.17) is 0 Å². The quantitative estimate of drug-likeness (QED) is 0.381. The van der Waals surface area contributed by atoms with E-state index >= 15 is 0 Å². The molecule has 3 aromatic carbocycles. The molecule has 0 bridgehead atoms. The summed E-state index contributed by atoms with van der Waals surface area (Å²) in [6.07, 6.45) is -9.84. The summed E-state index contributed by atoms with van der Waals surface area (Å²) in [6.45, 7) is 0. The number of alkyl halides is 6. The van der Waals surface area contributed by atoms with Crippen molar-refractivity contribution in [3.05, 3.63) is 65.7 Å². The fourth-order valence-corrected chi connectivity index (χ4v) is 3.42. The van der Waals surface area contributed by atoms with E-state index in [9.17, 15) is 35.9 Å². The highest BCUT2D eigenvalue weighted by molar-refractivity contribution is 6.21. The third kappa shape index (κ3) is 3.80. The molecule has 0 atom stereocenters. The van der Waals surface area contributed by atoms with Crippen molar-refractivity contribution in [3.8, 4) is 0 Å². The van der Waals surface area contributed by atoms with Crippen molar-refractivity contribution in [1.82, 2.24) is 0 Å². The number of hydrogen-bond acceptors (Lipinski definition) is 2. The first-order chi connectivity index (χ1) is 14.4. The molecule has 1 N–H and O–H groups in total. The van der Waals surface area contributed by atoms with Gasteiger partial charge in [-0.15, -0.1) is 0 Å². The Balaban J connectivity index is 1.92. The van der Waals surface area contributed by atoms with Crippen LogP contribution in [0.4, 0.5) is 43.4 Å². The van der Waals surface area contributed by atoms with E-state index in [-0.39, 0.29) is 22.4 Å². The SMILES string of the molecule is O=C1CC(=O)N(c2ccc(C(F)(F)F)cc2)c2ccc3ccc(C(F)(F)F)cc3c2N1. The van der Waals surface area contributed by atoms with Crippen molar-refractivity contribution in [2.45, 2.75) is 18.8 Å². The van der Waals surface area contributed by atoms with Gasteiger partial charge in [0.2, 0.25) is 11.8 Å². The molecule has 4 rings (SSSR count). The first kappa shape index (κ1) is 20.7. The number of hydrogen-bond donors (Lipinski definition) is 1. The minimum atomic E-state index is -4.63. The number of carbonyl (C=O) groups is 2. The smallest absolute Gasteiger partial charge is 0.323 e. The van der Waals surface area contributed by atoms with E-state index in [1.165, 1.54) is 18.2 Å². The number of nitrogens with zero attached hydrogens (tertiary/aromatic N) is 1. The van der Waals surface area contributed by atoms with Gasteiger partial charge in [-0.1, -0.05) is 12.1 Å². The predicted octanol–water partition coefficient (Wildman–Crippen LogP) is 5.88. The predicted molar refractivity (Wildman–Crippen MR) is 101 cm³/mol. The number of halogens is 6. The number of anilines is 3. The Morgan fingerprint density at radius 3 is 1.97 bits per heavy atom. The molecule has 0 fully saturated rings. The molecule has 1 aliphatic heterocycles. The zero-order valence-electron chi connectivity index (χ0n) is 15.4. The number of rotatable bonds is 1. The summed E-state index contributed by atoms with van der Waals surface area (Å²) in [5, 5.41) is 2.89. The second kappa shape index (κ2) is 7.00. The lowest BCUT2D eigenvalue weighted by Crippen LogP contribution is -2.26. The van der Waals surface area contributed by atoms with Crippen molar-refractivity contribution in [2.75, 3.05) is 10.2 Å². The molecule has 10 heteroatoms. The Morgan fingerprint density at radius 1 is 0.774 bits per heavy atom. The Bertz CT molecular complexity index is 1200. The van der Waals surface area contributed by atoms with Crippen molar-refractivity contribution in [2.24, 2.45) is 0 Å². The van der Waals surface area contributed by atoms with Crippen LogP contribution in [0.25, 0.3) is 10.8 Å². The number of nitrogens with one attached hydrogen (secondary N) is 1. The summed E-state index contributed by atoms with van der Waals surface area (Å²) >= 11 is 0. The highest BCUT2D eigenvalue weighted by Gasteiger charge is 2.34. The first-order valence-electron chi connectivity index (χ1n) is 8.89. The third-order valence-corrected chi connectivity index (χ3v) is 4.85. The van der Waals surface area contributed by atoms with Gasteiger partial charge >= 0.3 is 12.4 Å². The molecule has 3 aromatic rings. The summed E-state index contributed by atoms with van der Waals surface area (Å²) in [5.41, 5.74) is -1.80. The lowest BCUT2D eigenvalue weighted by molar-refractivity contribution is -0.138. The molecular weight excluding hydrogens is 426 g/mol. The lowest BCUT2D eigenvalue weighted by Gasteiger charge is -2.24. The van der Waals surface area contributed by atoms with Crippen LogP contribution in [0.1, 0.15) is 17.5 Å². The number of amides is 2. The Morgan fingerprint density at radius 2 is 1.35 bits per heavy atom. The molecule has 0 spiro atoms. The van der Waals surface area contributed by atoms with Crippen LogP contribution in [0.15, 0.2) is 54.6 Å². The van der Waals surface area contributed by atoms with E-state index < -0.39 is 41.7 Å². The Labute approximate surface area is 171 Å². The molecule has 2 amide bonds. The van der Waals surface area contributed by atoms with E-state index in [2.05, 4.69) is 5.32 Å². The normalized spacial score (nSPS) is 15.0. The van der Waals surface area contributed by atoms with Gasteiger partial charge < -0.3 is 5.32 Å². The minimum absolute atomic E-state index is 0.0284. The van der Waals surface area contributed by atoms with Crippen molar-refractivity contribution >= 4 is 39.6 Å².